The number of carbonyl (C=O) groups is 3. The maximum absolute atomic E-state index is 14.0. The zero-order chi connectivity index (χ0) is 24.1. The van der Waals surface area contributed by atoms with Gasteiger partial charge in [0.2, 0.25) is 17.7 Å². The van der Waals surface area contributed by atoms with Crippen LogP contribution in [0.3, 0.4) is 0 Å². The Morgan fingerprint density at radius 3 is 2.39 bits per heavy atom. The van der Waals surface area contributed by atoms with Crippen molar-refractivity contribution in [3.05, 3.63) is 30.3 Å². The second-order valence-electron chi connectivity index (χ2n) is 10.5. The molecule has 33 heavy (non-hydrogen) atoms. The highest BCUT2D eigenvalue weighted by atomic mass is 16.5. The molecule has 2 unspecified atom stereocenters. The number of hydrogen-bond acceptors (Lipinski definition) is 5. The van der Waals surface area contributed by atoms with Crippen molar-refractivity contribution in [2.45, 2.75) is 76.8 Å². The van der Waals surface area contributed by atoms with Gasteiger partial charge < -0.3 is 25.4 Å². The van der Waals surface area contributed by atoms with Crippen LogP contribution in [0.1, 0.15) is 47.5 Å². The molecule has 3 saturated heterocycles. The Labute approximate surface area is 195 Å². The maximum atomic E-state index is 14.0. The van der Waals surface area contributed by atoms with Crippen LogP contribution in [0.15, 0.2) is 30.3 Å². The highest BCUT2D eigenvalue weighted by molar-refractivity contribution is 6.02. The van der Waals surface area contributed by atoms with Crippen molar-refractivity contribution in [3.63, 3.8) is 0 Å². The molecule has 8 nitrogen and oxygen atoms in total. The number of ether oxygens (including phenoxy) is 1. The molecular weight excluding hydrogens is 422 g/mol. The van der Waals surface area contributed by atoms with E-state index in [1.54, 1.807) is 12.1 Å². The molecule has 0 aromatic heterocycles. The van der Waals surface area contributed by atoms with Crippen LogP contribution in [-0.4, -0.2) is 63.7 Å². The quantitative estimate of drug-likeness (QED) is 0.580. The predicted molar refractivity (Wildman–Crippen MR) is 123 cm³/mol. The van der Waals surface area contributed by atoms with E-state index < -0.39 is 35.1 Å². The van der Waals surface area contributed by atoms with Crippen LogP contribution in [0.5, 0.6) is 0 Å². The normalized spacial score (nSPS) is 33.5. The molecule has 3 heterocycles. The summed E-state index contributed by atoms with van der Waals surface area (Å²) in [7, 11) is 0. The molecule has 3 amide bonds. The maximum Gasteiger partial charge on any atom is 0.246 e. The standard InChI is InChI=1S/C25H35N3O5/c1-14(2)17(13-29)28-20(22(31)26-15(3)4)25-12-11-24(5,33-25)18(19(25)23(28)32)21(30)27-16-9-7-6-8-10-16/h6-10,14-15,17-20,29H,11-13H2,1-5H3,(H,26,31)(H,27,30)/t17-,18-,19-,20?,24+,25?/m0/s1. The zero-order valence-corrected chi connectivity index (χ0v) is 20.0. The van der Waals surface area contributed by atoms with Gasteiger partial charge in [-0.2, -0.15) is 0 Å². The number of likely N-dealkylation sites (tertiary alicyclic amines) is 1. The Hall–Kier alpha value is -2.45. The van der Waals surface area contributed by atoms with Gasteiger partial charge >= 0.3 is 0 Å². The third kappa shape index (κ3) is 3.64. The Balaban J connectivity index is 1.76. The fraction of sp³-hybridized carbons (Fsp3) is 0.640. The van der Waals surface area contributed by atoms with E-state index in [4.69, 9.17) is 4.74 Å². The van der Waals surface area contributed by atoms with Crippen LogP contribution in [0.2, 0.25) is 0 Å². The first-order chi connectivity index (χ1) is 15.6. The van der Waals surface area contributed by atoms with Crippen molar-refractivity contribution >= 4 is 23.4 Å². The van der Waals surface area contributed by atoms with Gasteiger partial charge in [-0.15, -0.1) is 0 Å². The number of nitrogens with one attached hydrogen (secondary N) is 2. The predicted octanol–water partition coefficient (Wildman–Crippen LogP) is 1.93. The summed E-state index contributed by atoms with van der Waals surface area (Å²) in [4.78, 5) is 42.5. The van der Waals surface area contributed by atoms with Gasteiger partial charge in [0, 0.05) is 11.7 Å². The summed E-state index contributed by atoms with van der Waals surface area (Å²) in [6.07, 6.45) is 1.09. The minimum atomic E-state index is -1.09. The first-order valence-corrected chi connectivity index (χ1v) is 11.8. The lowest BCUT2D eigenvalue weighted by Gasteiger charge is -2.38. The lowest BCUT2D eigenvalue weighted by atomic mass is 9.66. The molecule has 4 rings (SSSR count). The SMILES string of the molecule is CC(C)NC(=O)C1N([C@@H](CO)C(C)C)C(=O)[C@@H]2[C@@H](C(=O)Nc3ccccc3)[C@@]3(C)CCC12O3. The molecule has 180 valence electrons. The van der Waals surface area contributed by atoms with Crippen LogP contribution in [0, 0.1) is 17.8 Å². The van der Waals surface area contributed by atoms with Crippen LogP contribution in [0.4, 0.5) is 5.69 Å². The number of hydrogen-bond donors (Lipinski definition) is 3. The van der Waals surface area contributed by atoms with E-state index in [2.05, 4.69) is 10.6 Å². The lowest BCUT2D eigenvalue weighted by molar-refractivity contribution is -0.150. The van der Waals surface area contributed by atoms with E-state index in [-0.39, 0.29) is 36.3 Å². The number of fused-ring (bicyclic) bond motifs is 1. The zero-order valence-electron chi connectivity index (χ0n) is 20.0. The molecule has 0 saturated carbocycles. The van der Waals surface area contributed by atoms with Gasteiger partial charge in [0.15, 0.2) is 0 Å². The largest absolute Gasteiger partial charge is 0.394 e. The second-order valence-corrected chi connectivity index (χ2v) is 10.5. The number of amides is 3. The fourth-order valence-corrected chi connectivity index (χ4v) is 6.15. The summed E-state index contributed by atoms with van der Waals surface area (Å²) >= 11 is 0. The molecule has 6 atom stereocenters. The highest BCUT2D eigenvalue weighted by Gasteiger charge is 2.78. The summed E-state index contributed by atoms with van der Waals surface area (Å²) in [5.74, 6) is -2.46. The molecule has 3 aliphatic rings. The first kappa shape index (κ1) is 23.7. The summed E-state index contributed by atoms with van der Waals surface area (Å²) < 4.78 is 6.57. The number of para-hydroxylation sites is 1. The first-order valence-electron chi connectivity index (χ1n) is 11.8. The molecule has 0 radical (unpaired) electrons. The number of aliphatic hydroxyl groups is 1. The third-order valence-corrected chi connectivity index (χ3v) is 7.53. The number of nitrogens with zero attached hydrogens (tertiary/aromatic N) is 1. The van der Waals surface area contributed by atoms with E-state index in [0.717, 1.165) is 0 Å². The molecular formula is C25H35N3O5. The minimum Gasteiger partial charge on any atom is -0.394 e. The Morgan fingerprint density at radius 1 is 1.15 bits per heavy atom. The number of anilines is 1. The average Bonchev–Trinajstić information content (AvgIpc) is 3.30. The molecule has 2 bridgehead atoms. The molecule has 8 heteroatoms. The third-order valence-electron chi connectivity index (χ3n) is 7.53. The summed E-state index contributed by atoms with van der Waals surface area (Å²) in [5.41, 5.74) is -1.28. The van der Waals surface area contributed by atoms with Crippen molar-refractivity contribution in [2.75, 3.05) is 11.9 Å². The van der Waals surface area contributed by atoms with Crippen LogP contribution in [-0.2, 0) is 19.1 Å². The molecule has 3 fully saturated rings. The van der Waals surface area contributed by atoms with Gasteiger partial charge in [0.05, 0.1) is 30.1 Å². The fourth-order valence-electron chi connectivity index (χ4n) is 6.15. The number of carbonyl (C=O) groups excluding carboxylic acids is 3. The van der Waals surface area contributed by atoms with E-state index in [1.807, 2.05) is 52.8 Å². The van der Waals surface area contributed by atoms with Gasteiger partial charge in [0.25, 0.3) is 0 Å². The smallest absolute Gasteiger partial charge is 0.246 e. The number of rotatable bonds is 7. The summed E-state index contributed by atoms with van der Waals surface area (Å²) in [6.45, 7) is 9.16. The summed E-state index contributed by atoms with van der Waals surface area (Å²) in [6, 6.07) is 7.56. The van der Waals surface area contributed by atoms with Crippen molar-refractivity contribution in [2.24, 2.45) is 17.8 Å². The van der Waals surface area contributed by atoms with Crippen molar-refractivity contribution in [1.82, 2.24) is 10.2 Å². The average molecular weight is 458 g/mol. The molecule has 3 aliphatic heterocycles. The van der Waals surface area contributed by atoms with Crippen molar-refractivity contribution < 1.29 is 24.2 Å². The molecule has 0 aliphatic carbocycles. The Morgan fingerprint density at radius 2 is 1.82 bits per heavy atom. The molecule has 3 N–H and O–H groups in total. The Bertz CT molecular complexity index is 935. The number of aliphatic hydroxyl groups excluding tert-OH is 1. The van der Waals surface area contributed by atoms with Crippen LogP contribution in [0.25, 0.3) is 0 Å². The van der Waals surface area contributed by atoms with Gasteiger partial charge in [-0.25, -0.2) is 0 Å². The second kappa shape index (κ2) is 8.40. The lowest BCUT2D eigenvalue weighted by Crippen LogP contribution is -2.59. The topological polar surface area (TPSA) is 108 Å². The monoisotopic (exact) mass is 457 g/mol. The van der Waals surface area contributed by atoms with E-state index in [0.29, 0.717) is 18.5 Å². The van der Waals surface area contributed by atoms with Crippen LogP contribution >= 0.6 is 0 Å². The van der Waals surface area contributed by atoms with E-state index in [1.165, 1.54) is 4.90 Å². The minimum absolute atomic E-state index is 0.0760. The van der Waals surface area contributed by atoms with Crippen molar-refractivity contribution in [1.29, 1.82) is 0 Å². The van der Waals surface area contributed by atoms with Crippen LogP contribution < -0.4 is 10.6 Å². The van der Waals surface area contributed by atoms with Gasteiger partial charge in [-0.1, -0.05) is 32.0 Å². The van der Waals surface area contributed by atoms with E-state index in [9.17, 15) is 19.5 Å². The highest BCUT2D eigenvalue weighted by Crippen LogP contribution is 2.63. The van der Waals surface area contributed by atoms with E-state index >= 15 is 0 Å². The summed E-state index contributed by atoms with van der Waals surface area (Å²) in [5, 5.41) is 16.0. The van der Waals surface area contributed by atoms with Gasteiger partial charge in [-0.3, -0.25) is 14.4 Å². The molecule has 1 aromatic rings. The number of benzene rings is 1. The van der Waals surface area contributed by atoms with Gasteiger partial charge in [-0.05, 0) is 51.7 Å². The Kier molecular flexibility index (Phi) is 6.03. The van der Waals surface area contributed by atoms with Gasteiger partial charge in [0.1, 0.15) is 11.6 Å². The molecule has 1 spiro atoms. The van der Waals surface area contributed by atoms with Crippen molar-refractivity contribution in [3.8, 4) is 0 Å². The molecule has 1 aromatic carbocycles.